The highest BCUT2D eigenvalue weighted by Crippen LogP contribution is 2.24. The Morgan fingerprint density at radius 2 is 2.05 bits per heavy atom. The van der Waals surface area contributed by atoms with Crippen LogP contribution in [0.3, 0.4) is 0 Å². The first-order valence-corrected chi connectivity index (χ1v) is 6.37. The van der Waals surface area contributed by atoms with Gasteiger partial charge in [-0.3, -0.25) is 0 Å². The van der Waals surface area contributed by atoms with Crippen LogP contribution in [0.15, 0.2) is 27.4 Å². The van der Waals surface area contributed by atoms with Gasteiger partial charge in [0, 0.05) is 31.2 Å². The summed E-state index contributed by atoms with van der Waals surface area (Å²) < 4.78 is 10.1. The van der Waals surface area contributed by atoms with Gasteiger partial charge in [0.15, 0.2) is 0 Å². The molecule has 0 amide bonds. The van der Waals surface area contributed by atoms with Crippen molar-refractivity contribution in [1.29, 1.82) is 0 Å². The van der Waals surface area contributed by atoms with Crippen molar-refractivity contribution in [3.63, 3.8) is 0 Å². The van der Waals surface area contributed by atoms with Gasteiger partial charge in [0.1, 0.15) is 11.1 Å². The average molecular weight is 275 g/mol. The van der Waals surface area contributed by atoms with Crippen molar-refractivity contribution in [1.82, 2.24) is 0 Å². The molecule has 0 radical (unpaired) electrons. The van der Waals surface area contributed by atoms with Crippen LogP contribution in [0, 0.1) is 6.92 Å². The van der Waals surface area contributed by atoms with Crippen LogP contribution in [0.4, 0.5) is 5.69 Å². The number of hydrogen-bond acceptors (Lipinski definition) is 5. The van der Waals surface area contributed by atoms with Crippen LogP contribution in [0.25, 0.3) is 11.0 Å². The summed E-state index contributed by atoms with van der Waals surface area (Å²) in [5, 5.41) is 0.734. The van der Waals surface area contributed by atoms with Crippen LogP contribution in [0.1, 0.15) is 22.8 Å². The van der Waals surface area contributed by atoms with Crippen LogP contribution >= 0.6 is 0 Å². The molecule has 1 aromatic carbocycles. The lowest BCUT2D eigenvalue weighted by Gasteiger charge is -2.13. The highest BCUT2D eigenvalue weighted by Gasteiger charge is 2.19. The summed E-state index contributed by atoms with van der Waals surface area (Å²) in [6, 6.07) is 5.52. The summed E-state index contributed by atoms with van der Waals surface area (Å²) in [6.07, 6.45) is 0. The molecular formula is C15H17NO4. The number of nitrogens with zero attached hydrogens (tertiary/aromatic N) is 1. The summed E-state index contributed by atoms with van der Waals surface area (Å²) in [4.78, 5) is 25.7. The van der Waals surface area contributed by atoms with Crippen LogP contribution in [-0.4, -0.2) is 26.7 Å². The van der Waals surface area contributed by atoms with E-state index < -0.39 is 11.6 Å². The van der Waals surface area contributed by atoms with E-state index in [0.717, 1.165) is 11.1 Å². The van der Waals surface area contributed by atoms with E-state index in [1.54, 1.807) is 19.9 Å². The Morgan fingerprint density at radius 3 is 2.65 bits per heavy atom. The van der Waals surface area contributed by atoms with Gasteiger partial charge in [0.05, 0.1) is 6.61 Å². The lowest BCUT2D eigenvalue weighted by Crippen LogP contribution is -2.19. The molecule has 0 N–H and O–H groups in total. The van der Waals surface area contributed by atoms with Gasteiger partial charge in [0.25, 0.3) is 0 Å². The van der Waals surface area contributed by atoms with Crippen LogP contribution in [0.2, 0.25) is 0 Å². The van der Waals surface area contributed by atoms with E-state index in [4.69, 9.17) is 9.15 Å². The molecule has 0 aliphatic carbocycles. The van der Waals surface area contributed by atoms with Crippen LogP contribution in [-0.2, 0) is 4.74 Å². The van der Waals surface area contributed by atoms with Gasteiger partial charge in [0.2, 0.25) is 0 Å². The quantitative estimate of drug-likeness (QED) is 0.635. The fraction of sp³-hybridized carbons (Fsp3) is 0.333. The Balaban J connectivity index is 2.68. The van der Waals surface area contributed by atoms with E-state index in [1.165, 1.54) is 0 Å². The Labute approximate surface area is 116 Å². The van der Waals surface area contributed by atoms with Gasteiger partial charge in [-0.1, -0.05) is 0 Å². The van der Waals surface area contributed by atoms with Crippen molar-refractivity contribution in [2.24, 2.45) is 0 Å². The number of hydrogen-bond donors (Lipinski definition) is 0. The van der Waals surface area contributed by atoms with Gasteiger partial charge in [-0.2, -0.15) is 0 Å². The zero-order chi connectivity index (χ0) is 14.9. The van der Waals surface area contributed by atoms with E-state index in [1.807, 2.05) is 31.1 Å². The fourth-order valence-electron chi connectivity index (χ4n) is 2.06. The van der Waals surface area contributed by atoms with E-state index >= 15 is 0 Å². The minimum Gasteiger partial charge on any atom is -0.462 e. The first kappa shape index (κ1) is 14.1. The van der Waals surface area contributed by atoms with Crippen molar-refractivity contribution < 1.29 is 13.9 Å². The maximum absolute atomic E-state index is 12.0. The number of anilines is 1. The zero-order valence-corrected chi connectivity index (χ0v) is 12.0. The molecule has 20 heavy (non-hydrogen) atoms. The van der Waals surface area contributed by atoms with Gasteiger partial charge in [-0.15, -0.1) is 0 Å². The topological polar surface area (TPSA) is 59.8 Å². The molecule has 5 nitrogen and oxygen atoms in total. The summed E-state index contributed by atoms with van der Waals surface area (Å²) in [6.45, 7) is 3.63. The number of carbonyl (C=O) groups is 1. The molecule has 0 aliphatic heterocycles. The smallest absolute Gasteiger partial charge is 0.351 e. The van der Waals surface area contributed by atoms with Crippen molar-refractivity contribution in [3.05, 3.63) is 39.7 Å². The minimum atomic E-state index is -0.663. The lowest BCUT2D eigenvalue weighted by molar-refractivity contribution is 0.0521. The maximum Gasteiger partial charge on any atom is 0.351 e. The average Bonchev–Trinajstić information content (AvgIpc) is 2.38. The Morgan fingerprint density at radius 1 is 1.35 bits per heavy atom. The number of fused-ring (bicyclic) bond motifs is 1. The molecule has 0 bridgehead atoms. The van der Waals surface area contributed by atoms with Crippen molar-refractivity contribution in [3.8, 4) is 0 Å². The molecule has 5 heteroatoms. The third-order valence-electron chi connectivity index (χ3n) is 3.15. The number of ether oxygens (including phenoxy) is 1. The molecule has 0 unspecified atom stereocenters. The summed E-state index contributed by atoms with van der Waals surface area (Å²) in [5.74, 6) is -0.641. The van der Waals surface area contributed by atoms with E-state index in [9.17, 15) is 9.59 Å². The van der Waals surface area contributed by atoms with Gasteiger partial charge >= 0.3 is 11.6 Å². The molecule has 0 saturated carbocycles. The molecule has 0 spiro atoms. The zero-order valence-electron chi connectivity index (χ0n) is 12.0. The molecule has 0 fully saturated rings. The molecule has 2 aromatic rings. The van der Waals surface area contributed by atoms with E-state index in [0.29, 0.717) is 11.1 Å². The van der Waals surface area contributed by atoms with Crippen molar-refractivity contribution >= 4 is 22.6 Å². The van der Waals surface area contributed by atoms with Crippen molar-refractivity contribution in [2.75, 3.05) is 25.6 Å². The number of aryl methyl sites for hydroxylation is 1. The number of rotatable bonds is 3. The molecule has 2 rings (SSSR count). The first-order valence-electron chi connectivity index (χ1n) is 6.37. The monoisotopic (exact) mass is 275 g/mol. The Kier molecular flexibility index (Phi) is 3.79. The molecule has 106 valence electrons. The lowest BCUT2D eigenvalue weighted by atomic mass is 10.1. The second kappa shape index (κ2) is 5.36. The van der Waals surface area contributed by atoms with Crippen LogP contribution in [0.5, 0.6) is 0 Å². The van der Waals surface area contributed by atoms with E-state index in [-0.39, 0.29) is 12.2 Å². The fourth-order valence-corrected chi connectivity index (χ4v) is 2.06. The first-order chi connectivity index (χ1) is 9.45. The second-order valence-electron chi connectivity index (χ2n) is 4.68. The third kappa shape index (κ3) is 2.39. The highest BCUT2D eigenvalue weighted by molar-refractivity contribution is 5.96. The molecule has 1 aromatic heterocycles. The predicted molar refractivity (Wildman–Crippen MR) is 77.5 cm³/mol. The summed E-state index contributed by atoms with van der Waals surface area (Å²) in [7, 11) is 3.80. The number of carbonyl (C=O) groups excluding carboxylic acids is 1. The highest BCUT2D eigenvalue weighted by atomic mass is 16.5. The minimum absolute atomic E-state index is 0.0306. The summed E-state index contributed by atoms with van der Waals surface area (Å²) >= 11 is 0. The molecule has 0 aliphatic rings. The second-order valence-corrected chi connectivity index (χ2v) is 4.68. The Bertz CT molecular complexity index is 716. The largest absolute Gasteiger partial charge is 0.462 e. The molecular weight excluding hydrogens is 258 g/mol. The van der Waals surface area contributed by atoms with Gasteiger partial charge < -0.3 is 14.1 Å². The van der Waals surface area contributed by atoms with Gasteiger partial charge in [-0.25, -0.2) is 9.59 Å². The van der Waals surface area contributed by atoms with Crippen molar-refractivity contribution in [2.45, 2.75) is 13.8 Å². The number of benzene rings is 1. The van der Waals surface area contributed by atoms with Gasteiger partial charge in [-0.05, 0) is 31.5 Å². The normalized spacial score (nSPS) is 10.6. The van der Waals surface area contributed by atoms with E-state index in [2.05, 4.69) is 0 Å². The molecule has 1 heterocycles. The maximum atomic E-state index is 12.0. The van der Waals surface area contributed by atoms with Crippen LogP contribution < -0.4 is 10.5 Å². The molecule has 0 saturated heterocycles. The predicted octanol–water partition coefficient (Wildman–Crippen LogP) is 2.34. The molecule has 0 atom stereocenters. The Hall–Kier alpha value is -2.30. The third-order valence-corrected chi connectivity index (χ3v) is 3.15. The SMILES string of the molecule is CCOC(=O)c1c(C)c2ccc(N(C)C)cc2oc1=O. The number of esters is 1. The summed E-state index contributed by atoms with van der Waals surface area (Å²) in [5.41, 5.74) is 1.27. The standard InChI is InChI=1S/C15H17NO4/c1-5-19-14(17)13-9(2)11-7-6-10(16(3)4)8-12(11)20-15(13)18/h6-8H,5H2,1-4H3.